The summed E-state index contributed by atoms with van der Waals surface area (Å²) in [6.45, 7) is 3.49. The second-order valence-electron chi connectivity index (χ2n) is 10.7. The van der Waals surface area contributed by atoms with E-state index >= 15 is 0 Å². The van der Waals surface area contributed by atoms with Gasteiger partial charge in [0.15, 0.2) is 0 Å². The van der Waals surface area contributed by atoms with Gasteiger partial charge >= 0.3 is 0 Å². The summed E-state index contributed by atoms with van der Waals surface area (Å²) < 4.78 is 1.78. The average Bonchev–Trinajstić information content (AvgIpc) is 3.54. The lowest BCUT2D eigenvalue weighted by Gasteiger charge is -2.36. The van der Waals surface area contributed by atoms with E-state index in [1.54, 1.807) is 14.5 Å². The van der Waals surface area contributed by atoms with Crippen LogP contribution in [0.4, 0.5) is 0 Å². The average molecular weight is 536 g/mol. The quantitative estimate of drug-likeness (QED) is 0.609. The van der Waals surface area contributed by atoms with E-state index in [1.807, 2.05) is 37.3 Å². The molecule has 11 nitrogen and oxygen atoms in total. The number of benzene rings is 1. The van der Waals surface area contributed by atoms with Crippen LogP contribution in [-0.2, 0) is 32.1 Å². The molecule has 3 atom stereocenters. The van der Waals surface area contributed by atoms with Gasteiger partial charge in [0.1, 0.15) is 23.7 Å². The molecule has 0 bridgehead atoms. The van der Waals surface area contributed by atoms with Gasteiger partial charge < -0.3 is 20.4 Å². The largest absolute Gasteiger partial charge is 0.344 e. The summed E-state index contributed by atoms with van der Waals surface area (Å²) in [7, 11) is 0. The van der Waals surface area contributed by atoms with Crippen molar-refractivity contribution >= 4 is 23.6 Å². The molecule has 3 aliphatic rings. The number of hydrogen-bond acceptors (Lipinski definition) is 6. The monoisotopic (exact) mass is 535 g/mol. The third-order valence-electron chi connectivity index (χ3n) is 7.85. The molecule has 0 unspecified atom stereocenters. The zero-order valence-corrected chi connectivity index (χ0v) is 22.5. The highest BCUT2D eigenvalue weighted by molar-refractivity contribution is 5.91. The van der Waals surface area contributed by atoms with E-state index in [0.717, 1.165) is 18.4 Å². The van der Waals surface area contributed by atoms with Gasteiger partial charge in [0.05, 0.1) is 12.6 Å². The summed E-state index contributed by atoms with van der Waals surface area (Å²) in [5.74, 6) is 0.724. The van der Waals surface area contributed by atoms with E-state index in [1.165, 1.54) is 0 Å². The number of rotatable bonds is 3. The van der Waals surface area contributed by atoms with E-state index in [0.29, 0.717) is 69.9 Å². The molecule has 2 N–H and O–H groups in total. The highest BCUT2D eigenvalue weighted by Gasteiger charge is 2.35. The van der Waals surface area contributed by atoms with Crippen molar-refractivity contribution in [2.75, 3.05) is 19.6 Å². The molecule has 0 spiro atoms. The topological polar surface area (TPSA) is 130 Å². The first-order valence-corrected chi connectivity index (χ1v) is 14.0. The zero-order valence-electron chi connectivity index (χ0n) is 22.5. The highest BCUT2D eigenvalue weighted by atomic mass is 16.2. The smallest absolute Gasteiger partial charge is 0.245 e. The van der Waals surface area contributed by atoms with Crippen molar-refractivity contribution in [2.24, 2.45) is 0 Å². The summed E-state index contributed by atoms with van der Waals surface area (Å²) in [6.07, 6.45) is 4.43. The first-order valence-electron chi connectivity index (χ1n) is 14.0. The minimum Gasteiger partial charge on any atom is -0.344 e. The number of aryl methyl sites for hydroxylation is 1. The minimum absolute atomic E-state index is 0.0629. The third-order valence-corrected chi connectivity index (χ3v) is 7.85. The van der Waals surface area contributed by atoms with Crippen LogP contribution < -0.4 is 10.6 Å². The van der Waals surface area contributed by atoms with Crippen LogP contribution in [0.15, 0.2) is 30.3 Å². The number of hydrogen-bond donors (Lipinski definition) is 2. The predicted octanol–water partition coefficient (Wildman–Crippen LogP) is 1.27. The Kier molecular flexibility index (Phi) is 8.23. The lowest BCUT2D eigenvalue weighted by molar-refractivity contribution is -0.143. The van der Waals surface area contributed by atoms with Crippen molar-refractivity contribution in [3.05, 3.63) is 47.5 Å². The fourth-order valence-corrected chi connectivity index (χ4v) is 5.85. The molecule has 1 aromatic carbocycles. The van der Waals surface area contributed by atoms with Crippen molar-refractivity contribution in [3.8, 4) is 0 Å². The van der Waals surface area contributed by atoms with Crippen molar-refractivity contribution < 1.29 is 19.2 Å². The number of nitrogens with zero attached hydrogens (tertiary/aromatic N) is 5. The molecule has 5 rings (SSSR count). The van der Waals surface area contributed by atoms with Crippen LogP contribution in [0.3, 0.4) is 0 Å². The SMILES string of the molecule is Cc1nc2n(n1)CCN(C(=O)[C@H]1CCC(=O)N1)CCCC(=O)N1CCCC[C@H]1C(=O)N[C@@H]2Cc1ccccc1. The Hall–Kier alpha value is -3.76. The first kappa shape index (κ1) is 26.8. The number of carbonyl (C=O) groups is 4. The van der Waals surface area contributed by atoms with E-state index < -0.39 is 18.1 Å². The first-order chi connectivity index (χ1) is 18.9. The summed E-state index contributed by atoms with van der Waals surface area (Å²) in [4.78, 5) is 60.2. The summed E-state index contributed by atoms with van der Waals surface area (Å²) in [5.41, 5.74) is 1.04. The molecule has 0 aliphatic carbocycles. The molecule has 4 amide bonds. The molecular formula is C28H37N7O4. The maximum Gasteiger partial charge on any atom is 0.245 e. The molecular weight excluding hydrogens is 498 g/mol. The van der Waals surface area contributed by atoms with Gasteiger partial charge in [0, 0.05) is 32.5 Å². The molecule has 208 valence electrons. The van der Waals surface area contributed by atoms with Gasteiger partial charge in [0.25, 0.3) is 0 Å². The third kappa shape index (κ3) is 6.29. The van der Waals surface area contributed by atoms with Crippen LogP contribution in [-0.4, -0.2) is 79.9 Å². The zero-order chi connectivity index (χ0) is 27.4. The van der Waals surface area contributed by atoms with Crippen LogP contribution >= 0.6 is 0 Å². The van der Waals surface area contributed by atoms with E-state index in [4.69, 9.17) is 4.98 Å². The van der Waals surface area contributed by atoms with Gasteiger partial charge in [-0.3, -0.25) is 19.2 Å². The van der Waals surface area contributed by atoms with Crippen LogP contribution in [0.1, 0.15) is 68.2 Å². The second-order valence-corrected chi connectivity index (χ2v) is 10.7. The molecule has 11 heteroatoms. The van der Waals surface area contributed by atoms with Gasteiger partial charge in [-0.2, -0.15) is 5.10 Å². The van der Waals surface area contributed by atoms with Crippen molar-refractivity contribution in [1.29, 1.82) is 0 Å². The Morgan fingerprint density at radius 2 is 1.77 bits per heavy atom. The maximum absolute atomic E-state index is 13.6. The maximum atomic E-state index is 13.6. The lowest BCUT2D eigenvalue weighted by Crippen LogP contribution is -2.53. The summed E-state index contributed by atoms with van der Waals surface area (Å²) >= 11 is 0. The molecule has 2 saturated heterocycles. The summed E-state index contributed by atoms with van der Waals surface area (Å²) in [6, 6.07) is 8.37. The van der Waals surface area contributed by atoms with Gasteiger partial charge in [-0.05, 0) is 51.0 Å². The van der Waals surface area contributed by atoms with E-state index in [2.05, 4.69) is 15.7 Å². The number of aromatic nitrogens is 3. The molecule has 39 heavy (non-hydrogen) atoms. The summed E-state index contributed by atoms with van der Waals surface area (Å²) in [5, 5.41) is 10.6. The van der Waals surface area contributed by atoms with Crippen molar-refractivity contribution in [1.82, 2.24) is 35.2 Å². The number of fused-ring (bicyclic) bond motifs is 2. The van der Waals surface area contributed by atoms with Crippen LogP contribution in [0.5, 0.6) is 0 Å². The van der Waals surface area contributed by atoms with Crippen LogP contribution in [0.25, 0.3) is 0 Å². The standard InChI is InChI=1S/C28H37N7O4/c1-19-29-26-22(18-20-8-3-2-4-9-20)31-27(38)23-10-5-6-15-34(23)25(37)11-7-14-33(16-17-35(26)32-19)28(39)21-12-13-24(36)30-21/h2-4,8-9,21-23H,5-7,10-18H2,1H3,(H,30,36)(H,31,38)/t21-,22-,23+/m1/s1. The Bertz CT molecular complexity index is 1210. The number of nitrogens with one attached hydrogen (secondary N) is 2. The number of piperidine rings is 1. The Balaban J connectivity index is 1.47. The Morgan fingerprint density at radius 3 is 2.54 bits per heavy atom. The van der Waals surface area contributed by atoms with Gasteiger partial charge in [-0.15, -0.1) is 0 Å². The van der Waals surface area contributed by atoms with Crippen molar-refractivity contribution in [3.63, 3.8) is 0 Å². The lowest BCUT2D eigenvalue weighted by atomic mass is 9.99. The molecule has 1 aromatic heterocycles. The Labute approximate surface area is 228 Å². The predicted molar refractivity (Wildman–Crippen MR) is 142 cm³/mol. The molecule has 4 heterocycles. The fraction of sp³-hybridized carbons (Fsp3) is 0.571. The van der Waals surface area contributed by atoms with Gasteiger partial charge in [-0.1, -0.05) is 30.3 Å². The second kappa shape index (κ2) is 12.0. The van der Waals surface area contributed by atoms with E-state index in [9.17, 15) is 19.2 Å². The number of amides is 4. The molecule has 2 aromatic rings. The fourth-order valence-electron chi connectivity index (χ4n) is 5.85. The van der Waals surface area contributed by atoms with Gasteiger partial charge in [-0.25, -0.2) is 9.67 Å². The van der Waals surface area contributed by atoms with E-state index in [-0.39, 0.29) is 30.0 Å². The van der Waals surface area contributed by atoms with Crippen LogP contribution in [0, 0.1) is 6.92 Å². The highest BCUT2D eigenvalue weighted by Crippen LogP contribution is 2.23. The normalized spacial score (nSPS) is 24.8. The molecule has 0 radical (unpaired) electrons. The molecule has 0 saturated carbocycles. The molecule has 2 fully saturated rings. The van der Waals surface area contributed by atoms with Crippen LogP contribution in [0.2, 0.25) is 0 Å². The molecule has 3 aliphatic heterocycles. The van der Waals surface area contributed by atoms with Gasteiger partial charge in [0.2, 0.25) is 23.6 Å². The minimum atomic E-state index is -0.541. The number of carbonyl (C=O) groups excluding carboxylic acids is 4. The van der Waals surface area contributed by atoms with Crippen molar-refractivity contribution in [2.45, 2.75) is 83.0 Å². The Morgan fingerprint density at radius 1 is 0.949 bits per heavy atom.